The Hall–Kier alpha value is -2.92. The molecule has 0 saturated heterocycles. The standard InChI is InChI=1S/C21H21N3OS/c1-16-7-6-12-24(14-16)15-17-8-3-4-11-20(17)23-21(26)22-18-9-5-10-19(13-18)25-2/h3-14H,15H2,1-2H3,(H-,22,23,26)/p+1. The van der Waals surface area contributed by atoms with Gasteiger partial charge in [-0.3, -0.25) is 0 Å². The van der Waals surface area contributed by atoms with Crippen LogP contribution in [0.25, 0.3) is 0 Å². The average molecular weight is 364 g/mol. The van der Waals surface area contributed by atoms with Crippen LogP contribution in [0.2, 0.25) is 0 Å². The van der Waals surface area contributed by atoms with Crippen LogP contribution in [0.15, 0.2) is 73.1 Å². The molecule has 1 heterocycles. The highest BCUT2D eigenvalue weighted by atomic mass is 32.1. The first kappa shape index (κ1) is 17.9. The summed E-state index contributed by atoms with van der Waals surface area (Å²) in [6, 6.07) is 20.0. The molecule has 0 radical (unpaired) electrons. The van der Waals surface area contributed by atoms with Crippen molar-refractivity contribution < 1.29 is 9.30 Å². The van der Waals surface area contributed by atoms with E-state index in [0.29, 0.717) is 5.11 Å². The van der Waals surface area contributed by atoms with E-state index in [-0.39, 0.29) is 0 Å². The molecular formula is C21H22N3OS+. The Kier molecular flexibility index (Phi) is 5.81. The molecule has 4 nitrogen and oxygen atoms in total. The fourth-order valence-electron chi connectivity index (χ4n) is 2.71. The molecule has 3 rings (SSSR count). The van der Waals surface area contributed by atoms with Gasteiger partial charge in [0, 0.05) is 34.6 Å². The molecule has 1 aromatic heterocycles. The molecule has 26 heavy (non-hydrogen) atoms. The maximum Gasteiger partial charge on any atom is 0.175 e. The van der Waals surface area contributed by atoms with Gasteiger partial charge in [0.1, 0.15) is 5.75 Å². The van der Waals surface area contributed by atoms with Crippen molar-refractivity contribution in [3.05, 3.63) is 84.2 Å². The van der Waals surface area contributed by atoms with Crippen molar-refractivity contribution in [3.63, 3.8) is 0 Å². The van der Waals surface area contributed by atoms with Crippen LogP contribution in [0, 0.1) is 6.92 Å². The summed E-state index contributed by atoms with van der Waals surface area (Å²) in [5, 5.41) is 7.04. The van der Waals surface area contributed by atoms with Crippen molar-refractivity contribution in [2.24, 2.45) is 0 Å². The number of para-hydroxylation sites is 1. The van der Waals surface area contributed by atoms with Crippen molar-refractivity contribution in [1.82, 2.24) is 0 Å². The summed E-state index contributed by atoms with van der Waals surface area (Å²) in [7, 11) is 1.65. The Morgan fingerprint density at radius 3 is 2.69 bits per heavy atom. The minimum Gasteiger partial charge on any atom is -0.497 e. The molecule has 0 saturated carbocycles. The molecule has 5 heteroatoms. The number of ether oxygens (including phenoxy) is 1. The minimum atomic E-state index is 0.542. The van der Waals surface area contributed by atoms with Gasteiger partial charge in [-0.25, -0.2) is 4.57 Å². The number of thiocarbonyl (C=S) groups is 1. The minimum absolute atomic E-state index is 0.542. The zero-order valence-electron chi connectivity index (χ0n) is 14.9. The van der Waals surface area contributed by atoms with Crippen LogP contribution in [0.5, 0.6) is 5.75 Å². The number of nitrogens with zero attached hydrogens (tertiary/aromatic N) is 1. The Morgan fingerprint density at radius 2 is 1.88 bits per heavy atom. The predicted molar refractivity (Wildman–Crippen MR) is 110 cm³/mol. The van der Waals surface area contributed by atoms with Crippen LogP contribution < -0.4 is 19.9 Å². The molecular weight excluding hydrogens is 342 g/mol. The van der Waals surface area contributed by atoms with Gasteiger partial charge >= 0.3 is 0 Å². The lowest BCUT2D eigenvalue weighted by Crippen LogP contribution is -2.34. The van der Waals surface area contributed by atoms with Gasteiger partial charge in [0.2, 0.25) is 0 Å². The summed E-state index contributed by atoms with van der Waals surface area (Å²) in [6.45, 7) is 2.86. The molecule has 132 valence electrons. The molecule has 0 amide bonds. The van der Waals surface area contributed by atoms with E-state index in [0.717, 1.165) is 29.2 Å². The smallest absolute Gasteiger partial charge is 0.175 e. The van der Waals surface area contributed by atoms with Crippen LogP contribution in [0.4, 0.5) is 11.4 Å². The van der Waals surface area contributed by atoms with Crippen LogP contribution >= 0.6 is 12.2 Å². The van der Waals surface area contributed by atoms with Gasteiger partial charge in [-0.2, -0.15) is 0 Å². The van der Waals surface area contributed by atoms with Crippen LogP contribution in [0.1, 0.15) is 11.1 Å². The van der Waals surface area contributed by atoms with Gasteiger partial charge in [0.05, 0.1) is 7.11 Å². The Balaban J connectivity index is 1.72. The van der Waals surface area contributed by atoms with Crippen LogP contribution in [0.3, 0.4) is 0 Å². The second kappa shape index (κ2) is 8.45. The molecule has 0 fully saturated rings. The van der Waals surface area contributed by atoms with Gasteiger partial charge in [0.15, 0.2) is 24.1 Å². The lowest BCUT2D eigenvalue weighted by Gasteiger charge is -2.13. The number of methoxy groups -OCH3 is 1. The first-order chi connectivity index (χ1) is 12.6. The molecule has 2 N–H and O–H groups in total. The number of anilines is 2. The number of benzene rings is 2. The highest BCUT2D eigenvalue weighted by Crippen LogP contribution is 2.18. The molecule has 0 aliphatic heterocycles. The largest absolute Gasteiger partial charge is 0.497 e. The van der Waals surface area contributed by atoms with E-state index in [2.05, 4.69) is 52.7 Å². The summed E-state index contributed by atoms with van der Waals surface area (Å²) in [5.41, 5.74) is 4.26. The maximum atomic E-state index is 5.47. The first-order valence-corrected chi connectivity index (χ1v) is 8.80. The summed E-state index contributed by atoms with van der Waals surface area (Å²) in [6.07, 6.45) is 4.19. The summed E-state index contributed by atoms with van der Waals surface area (Å²) in [4.78, 5) is 0. The summed E-state index contributed by atoms with van der Waals surface area (Å²) < 4.78 is 7.40. The van der Waals surface area contributed by atoms with Gasteiger partial charge in [-0.15, -0.1) is 0 Å². The van der Waals surface area contributed by atoms with Gasteiger partial charge in [-0.1, -0.05) is 24.3 Å². The molecule has 0 bridgehead atoms. The topological polar surface area (TPSA) is 37.2 Å². The van der Waals surface area contributed by atoms with E-state index in [1.165, 1.54) is 5.56 Å². The Labute approximate surface area is 159 Å². The average Bonchev–Trinajstić information content (AvgIpc) is 2.63. The number of aryl methyl sites for hydroxylation is 1. The molecule has 2 aromatic carbocycles. The molecule has 0 spiro atoms. The second-order valence-electron chi connectivity index (χ2n) is 6.02. The lowest BCUT2D eigenvalue weighted by molar-refractivity contribution is -0.688. The highest BCUT2D eigenvalue weighted by molar-refractivity contribution is 7.80. The van der Waals surface area contributed by atoms with Crippen molar-refractivity contribution in [2.45, 2.75) is 13.5 Å². The molecule has 0 aliphatic carbocycles. The van der Waals surface area contributed by atoms with Gasteiger partial charge < -0.3 is 15.4 Å². The summed E-state index contributed by atoms with van der Waals surface area (Å²) >= 11 is 5.47. The molecule has 0 atom stereocenters. The van der Waals surface area contributed by atoms with Crippen LogP contribution in [-0.2, 0) is 6.54 Å². The van der Waals surface area contributed by atoms with Crippen molar-refractivity contribution in [1.29, 1.82) is 0 Å². The van der Waals surface area contributed by atoms with E-state index in [9.17, 15) is 0 Å². The van der Waals surface area contributed by atoms with Gasteiger partial charge in [0.25, 0.3) is 0 Å². The zero-order chi connectivity index (χ0) is 18.4. The number of hydrogen-bond donors (Lipinski definition) is 2. The highest BCUT2D eigenvalue weighted by Gasteiger charge is 2.09. The predicted octanol–water partition coefficient (Wildman–Crippen LogP) is 4.15. The normalized spacial score (nSPS) is 10.2. The zero-order valence-corrected chi connectivity index (χ0v) is 15.7. The first-order valence-electron chi connectivity index (χ1n) is 8.40. The van der Waals surface area contributed by atoms with Crippen molar-refractivity contribution in [2.75, 3.05) is 17.7 Å². The lowest BCUT2D eigenvalue weighted by atomic mass is 10.1. The maximum absolute atomic E-state index is 5.47. The van der Waals surface area contributed by atoms with Crippen molar-refractivity contribution in [3.8, 4) is 5.75 Å². The molecule has 0 aliphatic rings. The third kappa shape index (κ3) is 4.80. The number of hydrogen-bond acceptors (Lipinski definition) is 2. The Bertz CT molecular complexity index is 911. The molecule has 3 aromatic rings. The number of pyridine rings is 1. The van der Waals surface area contributed by atoms with Crippen molar-refractivity contribution >= 4 is 28.7 Å². The Morgan fingerprint density at radius 1 is 1.04 bits per heavy atom. The van der Waals surface area contributed by atoms with E-state index in [1.54, 1.807) is 7.11 Å². The number of nitrogens with one attached hydrogen (secondary N) is 2. The molecule has 0 unspecified atom stereocenters. The van der Waals surface area contributed by atoms with Crippen LogP contribution in [-0.4, -0.2) is 12.2 Å². The summed E-state index contributed by atoms with van der Waals surface area (Å²) in [5.74, 6) is 0.786. The monoisotopic (exact) mass is 364 g/mol. The second-order valence-corrected chi connectivity index (χ2v) is 6.43. The van der Waals surface area contributed by atoms with E-state index in [1.807, 2.05) is 42.5 Å². The number of aromatic nitrogens is 1. The SMILES string of the molecule is COc1cccc(NC(=S)Nc2ccccc2C[n+]2cccc(C)c2)c1. The van der Waals surface area contributed by atoms with E-state index >= 15 is 0 Å². The third-order valence-electron chi connectivity index (χ3n) is 3.95. The fourth-order valence-corrected chi connectivity index (χ4v) is 2.94. The number of rotatable bonds is 5. The van der Waals surface area contributed by atoms with E-state index < -0.39 is 0 Å². The third-order valence-corrected chi connectivity index (χ3v) is 4.16. The quantitative estimate of drug-likeness (QED) is 0.527. The van der Waals surface area contributed by atoms with Gasteiger partial charge in [-0.05, 0) is 43.4 Å². The fraction of sp³-hybridized carbons (Fsp3) is 0.143. The van der Waals surface area contributed by atoms with E-state index in [4.69, 9.17) is 17.0 Å².